The number of aliphatic hydroxyl groups is 1. The molecule has 1 fully saturated rings. The molecule has 0 aromatic heterocycles. The average Bonchev–Trinajstić information content (AvgIpc) is 2.69. The monoisotopic (exact) mass is 243 g/mol. The number of carboxylic acids is 1. The third-order valence-electron chi connectivity index (χ3n) is 3.46. The number of carbonyl (C=O) groups is 2. The third-order valence-corrected chi connectivity index (χ3v) is 3.46. The second-order valence-corrected chi connectivity index (χ2v) is 4.89. The largest absolute Gasteiger partial charge is 0.481 e. The molecule has 1 amide bonds. The molecule has 3 N–H and O–H groups in total. The number of rotatable bonds is 5. The number of aliphatic hydroxyl groups excluding tert-OH is 1. The van der Waals surface area contributed by atoms with Gasteiger partial charge in [-0.2, -0.15) is 0 Å². The van der Waals surface area contributed by atoms with Crippen molar-refractivity contribution in [2.24, 2.45) is 17.8 Å². The molecule has 4 atom stereocenters. The number of carboxylic acid groups (broad SMARTS) is 1. The molecular weight excluding hydrogens is 222 g/mol. The SMILES string of the molecule is CCC1C[C@H](C(=O)NC[C@@H](C)O)[C@H](C(=O)O)C1. The zero-order valence-corrected chi connectivity index (χ0v) is 10.3. The molecule has 0 heterocycles. The quantitative estimate of drug-likeness (QED) is 0.660. The van der Waals surface area contributed by atoms with E-state index in [1.807, 2.05) is 6.92 Å². The van der Waals surface area contributed by atoms with E-state index in [-0.39, 0.29) is 12.5 Å². The van der Waals surface area contributed by atoms with Crippen LogP contribution in [0.5, 0.6) is 0 Å². The molecule has 0 aromatic rings. The van der Waals surface area contributed by atoms with Gasteiger partial charge in [0.05, 0.1) is 17.9 Å². The maximum atomic E-state index is 11.8. The van der Waals surface area contributed by atoms with Crippen molar-refractivity contribution in [3.8, 4) is 0 Å². The third kappa shape index (κ3) is 3.70. The van der Waals surface area contributed by atoms with E-state index < -0.39 is 23.9 Å². The van der Waals surface area contributed by atoms with Crippen molar-refractivity contribution in [2.45, 2.75) is 39.2 Å². The summed E-state index contributed by atoms with van der Waals surface area (Å²) < 4.78 is 0. The predicted molar refractivity (Wildman–Crippen MR) is 62.3 cm³/mol. The van der Waals surface area contributed by atoms with Crippen LogP contribution in [0.15, 0.2) is 0 Å². The van der Waals surface area contributed by atoms with Crippen LogP contribution in [0.25, 0.3) is 0 Å². The first-order valence-electron chi connectivity index (χ1n) is 6.14. The van der Waals surface area contributed by atoms with Crippen LogP contribution < -0.4 is 5.32 Å². The Balaban J connectivity index is 2.60. The Labute approximate surface area is 101 Å². The van der Waals surface area contributed by atoms with E-state index in [0.717, 1.165) is 6.42 Å². The maximum absolute atomic E-state index is 11.8. The van der Waals surface area contributed by atoms with Crippen molar-refractivity contribution >= 4 is 11.9 Å². The second-order valence-electron chi connectivity index (χ2n) is 4.89. The van der Waals surface area contributed by atoms with E-state index in [1.54, 1.807) is 6.92 Å². The van der Waals surface area contributed by atoms with Crippen molar-refractivity contribution < 1.29 is 19.8 Å². The maximum Gasteiger partial charge on any atom is 0.307 e. The van der Waals surface area contributed by atoms with Gasteiger partial charge >= 0.3 is 5.97 Å². The Bertz CT molecular complexity index is 290. The first kappa shape index (κ1) is 14.0. The van der Waals surface area contributed by atoms with Crippen molar-refractivity contribution in [1.29, 1.82) is 0 Å². The molecule has 0 bridgehead atoms. The number of amides is 1. The summed E-state index contributed by atoms with van der Waals surface area (Å²) in [4.78, 5) is 22.9. The van der Waals surface area contributed by atoms with Gasteiger partial charge in [0.25, 0.3) is 0 Å². The minimum atomic E-state index is -0.891. The molecule has 1 rings (SSSR count). The number of hydrogen-bond acceptors (Lipinski definition) is 3. The summed E-state index contributed by atoms with van der Waals surface area (Å²) in [5, 5.41) is 20.8. The van der Waals surface area contributed by atoms with Crippen LogP contribution in [0.2, 0.25) is 0 Å². The van der Waals surface area contributed by atoms with Gasteiger partial charge in [0.1, 0.15) is 0 Å². The Morgan fingerprint density at radius 1 is 1.35 bits per heavy atom. The van der Waals surface area contributed by atoms with Crippen LogP contribution in [0, 0.1) is 17.8 Å². The van der Waals surface area contributed by atoms with E-state index in [9.17, 15) is 9.59 Å². The fourth-order valence-electron chi connectivity index (χ4n) is 2.42. The minimum absolute atomic E-state index is 0.179. The van der Waals surface area contributed by atoms with Gasteiger partial charge in [-0.3, -0.25) is 9.59 Å². The molecule has 1 aliphatic carbocycles. The topological polar surface area (TPSA) is 86.6 Å². The first-order chi connectivity index (χ1) is 7.95. The number of carbonyl (C=O) groups excluding carboxylic acids is 1. The van der Waals surface area contributed by atoms with Gasteiger partial charge in [-0.05, 0) is 25.7 Å². The van der Waals surface area contributed by atoms with Crippen LogP contribution >= 0.6 is 0 Å². The standard InChI is InChI=1S/C12H21NO4/c1-3-8-4-9(10(5-8)12(16)17)11(15)13-6-7(2)14/h7-10,14H,3-6H2,1-2H3,(H,13,15)(H,16,17)/t7-,8?,9+,10-/m1/s1. The van der Waals surface area contributed by atoms with Crippen molar-refractivity contribution in [1.82, 2.24) is 5.32 Å². The van der Waals surface area contributed by atoms with Gasteiger partial charge in [-0.25, -0.2) is 0 Å². The molecule has 0 radical (unpaired) electrons. The Morgan fingerprint density at radius 2 is 1.94 bits per heavy atom. The highest BCUT2D eigenvalue weighted by Gasteiger charge is 2.41. The smallest absolute Gasteiger partial charge is 0.307 e. The fourth-order valence-corrected chi connectivity index (χ4v) is 2.42. The van der Waals surface area contributed by atoms with Crippen LogP contribution in [-0.2, 0) is 9.59 Å². The van der Waals surface area contributed by atoms with Crippen LogP contribution in [0.4, 0.5) is 0 Å². The van der Waals surface area contributed by atoms with Crippen LogP contribution in [-0.4, -0.2) is 34.7 Å². The molecular formula is C12H21NO4. The number of nitrogens with one attached hydrogen (secondary N) is 1. The second kappa shape index (κ2) is 6.00. The summed E-state index contributed by atoms with van der Waals surface area (Å²) >= 11 is 0. The molecule has 0 saturated heterocycles. The molecule has 1 unspecified atom stereocenters. The minimum Gasteiger partial charge on any atom is -0.481 e. The van der Waals surface area contributed by atoms with Crippen molar-refractivity contribution in [3.05, 3.63) is 0 Å². The molecule has 5 heteroatoms. The summed E-state index contributed by atoms with van der Waals surface area (Å²) in [6, 6.07) is 0. The number of hydrogen-bond donors (Lipinski definition) is 3. The molecule has 1 aliphatic rings. The normalized spacial score (nSPS) is 29.9. The first-order valence-corrected chi connectivity index (χ1v) is 6.14. The van der Waals surface area contributed by atoms with Crippen molar-refractivity contribution in [3.63, 3.8) is 0 Å². The summed E-state index contributed by atoms with van der Waals surface area (Å²) in [6.07, 6.45) is 1.52. The Kier molecular flexibility index (Phi) is 4.93. The van der Waals surface area contributed by atoms with Gasteiger partial charge in [0.15, 0.2) is 0 Å². The Morgan fingerprint density at radius 3 is 2.41 bits per heavy atom. The van der Waals surface area contributed by atoms with Gasteiger partial charge in [0, 0.05) is 6.54 Å². The van der Waals surface area contributed by atoms with E-state index >= 15 is 0 Å². The highest BCUT2D eigenvalue weighted by atomic mass is 16.4. The van der Waals surface area contributed by atoms with Crippen LogP contribution in [0.3, 0.4) is 0 Å². The zero-order valence-electron chi connectivity index (χ0n) is 10.3. The van der Waals surface area contributed by atoms with Gasteiger partial charge < -0.3 is 15.5 Å². The molecule has 17 heavy (non-hydrogen) atoms. The lowest BCUT2D eigenvalue weighted by atomic mass is 9.95. The van der Waals surface area contributed by atoms with E-state index in [4.69, 9.17) is 10.2 Å². The molecule has 5 nitrogen and oxygen atoms in total. The van der Waals surface area contributed by atoms with Gasteiger partial charge in [-0.1, -0.05) is 13.3 Å². The fraction of sp³-hybridized carbons (Fsp3) is 0.833. The van der Waals surface area contributed by atoms with E-state index in [2.05, 4.69) is 5.32 Å². The van der Waals surface area contributed by atoms with Crippen molar-refractivity contribution in [2.75, 3.05) is 6.54 Å². The van der Waals surface area contributed by atoms with E-state index in [0.29, 0.717) is 18.8 Å². The highest BCUT2D eigenvalue weighted by Crippen LogP contribution is 2.38. The lowest BCUT2D eigenvalue weighted by Crippen LogP contribution is -2.38. The summed E-state index contributed by atoms with van der Waals surface area (Å²) in [6.45, 7) is 3.77. The van der Waals surface area contributed by atoms with Gasteiger partial charge in [-0.15, -0.1) is 0 Å². The highest BCUT2D eigenvalue weighted by molar-refractivity contribution is 5.85. The summed E-state index contributed by atoms with van der Waals surface area (Å²) in [5.41, 5.74) is 0. The molecule has 0 aromatic carbocycles. The Hall–Kier alpha value is -1.10. The predicted octanol–water partition coefficient (Wildman–Crippen LogP) is 0.620. The molecule has 98 valence electrons. The summed E-state index contributed by atoms with van der Waals surface area (Å²) in [7, 11) is 0. The lowest BCUT2D eigenvalue weighted by Gasteiger charge is -2.16. The van der Waals surface area contributed by atoms with Gasteiger partial charge in [0.2, 0.25) is 5.91 Å². The summed E-state index contributed by atoms with van der Waals surface area (Å²) in [5.74, 6) is -1.84. The average molecular weight is 243 g/mol. The number of aliphatic carboxylic acids is 1. The lowest BCUT2D eigenvalue weighted by molar-refractivity contribution is -0.146. The molecule has 0 aliphatic heterocycles. The molecule has 0 spiro atoms. The van der Waals surface area contributed by atoms with Crippen LogP contribution in [0.1, 0.15) is 33.1 Å². The zero-order chi connectivity index (χ0) is 13.0. The van der Waals surface area contributed by atoms with E-state index in [1.165, 1.54) is 0 Å². The molecule has 1 saturated carbocycles.